The number of amides is 3. The molecular weight excluding hydrogens is 718 g/mol. The number of carboxylic acids is 3. The van der Waals surface area contributed by atoms with E-state index < -0.39 is 35.8 Å². The Bertz CT molecular complexity index is 1030. The zero-order chi connectivity index (χ0) is 40.8. The molecular formula is C39H71N3O13. The first-order valence-electron chi connectivity index (χ1n) is 20.3. The van der Waals surface area contributed by atoms with Gasteiger partial charge in [0.15, 0.2) is 0 Å². The molecule has 0 aliphatic rings. The van der Waals surface area contributed by atoms with Crippen LogP contribution >= 0.6 is 0 Å². The van der Waals surface area contributed by atoms with Gasteiger partial charge in [-0.1, -0.05) is 77.6 Å². The summed E-state index contributed by atoms with van der Waals surface area (Å²) >= 11 is 0. The summed E-state index contributed by atoms with van der Waals surface area (Å²) in [5, 5.41) is 34.9. The van der Waals surface area contributed by atoms with Crippen LogP contribution in [0, 0.1) is 5.92 Å². The van der Waals surface area contributed by atoms with Gasteiger partial charge >= 0.3 is 17.9 Å². The second kappa shape index (κ2) is 37.6. The van der Waals surface area contributed by atoms with Crippen molar-refractivity contribution in [3.05, 3.63) is 0 Å². The topological polar surface area (TPSA) is 236 Å². The lowest BCUT2D eigenvalue weighted by Gasteiger charge is -2.14. The molecule has 0 saturated heterocycles. The number of rotatable bonds is 41. The van der Waals surface area contributed by atoms with E-state index in [9.17, 15) is 33.9 Å². The first-order chi connectivity index (χ1) is 26.5. The third-order valence-corrected chi connectivity index (χ3v) is 8.80. The van der Waals surface area contributed by atoms with E-state index in [0.717, 1.165) is 38.5 Å². The summed E-state index contributed by atoms with van der Waals surface area (Å²) in [5.41, 5.74) is 0. The summed E-state index contributed by atoms with van der Waals surface area (Å²) in [6, 6.07) is -1.20. The highest BCUT2D eigenvalue weighted by molar-refractivity contribution is 5.84. The monoisotopic (exact) mass is 789 g/mol. The number of hydrogen-bond donors (Lipinski definition) is 6. The number of ether oxygens (including phenoxy) is 4. The van der Waals surface area contributed by atoms with Gasteiger partial charge in [-0.25, -0.2) is 4.79 Å². The smallest absolute Gasteiger partial charge is 0.326 e. The van der Waals surface area contributed by atoms with Gasteiger partial charge in [0.05, 0.1) is 58.8 Å². The van der Waals surface area contributed by atoms with Gasteiger partial charge < -0.3 is 50.2 Å². The van der Waals surface area contributed by atoms with Gasteiger partial charge in [0.1, 0.15) is 6.04 Å². The maximum absolute atomic E-state index is 12.1. The van der Waals surface area contributed by atoms with E-state index in [1.807, 2.05) is 0 Å². The number of carbonyl (C=O) groups excluding carboxylic acids is 3. The average Bonchev–Trinajstić information content (AvgIpc) is 3.14. The fourth-order valence-corrected chi connectivity index (χ4v) is 5.42. The van der Waals surface area contributed by atoms with Crippen LogP contribution in [0.4, 0.5) is 0 Å². The molecule has 0 rings (SSSR count). The van der Waals surface area contributed by atoms with Gasteiger partial charge in [0.2, 0.25) is 17.7 Å². The van der Waals surface area contributed by atoms with Crippen molar-refractivity contribution in [2.45, 2.75) is 141 Å². The van der Waals surface area contributed by atoms with Gasteiger partial charge in [-0.2, -0.15) is 0 Å². The van der Waals surface area contributed by atoms with E-state index in [1.54, 1.807) is 6.92 Å². The maximum Gasteiger partial charge on any atom is 0.326 e. The van der Waals surface area contributed by atoms with Crippen LogP contribution in [0.25, 0.3) is 0 Å². The van der Waals surface area contributed by atoms with Crippen LogP contribution in [-0.4, -0.2) is 123 Å². The predicted molar refractivity (Wildman–Crippen MR) is 206 cm³/mol. The molecule has 0 spiro atoms. The Hall–Kier alpha value is -3.34. The van der Waals surface area contributed by atoms with E-state index in [1.165, 1.54) is 38.5 Å². The van der Waals surface area contributed by atoms with Crippen LogP contribution < -0.4 is 16.0 Å². The van der Waals surface area contributed by atoms with E-state index in [-0.39, 0.29) is 50.7 Å². The number of hydrogen-bond acceptors (Lipinski definition) is 10. The van der Waals surface area contributed by atoms with Crippen molar-refractivity contribution in [2.24, 2.45) is 5.92 Å². The lowest BCUT2D eigenvalue weighted by atomic mass is 10.0. The Kier molecular flexibility index (Phi) is 35.3. The molecule has 0 unspecified atom stereocenters. The molecule has 0 heterocycles. The highest BCUT2D eigenvalue weighted by atomic mass is 16.6. The van der Waals surface area contributed by atoms with E-state index >= 15 is 0 Å². The van der Waals surface area contributed by atoms with Crippen molar-refractivity contribution in [1.82, 2.24) is 16.0 Å². The van der Waals surface area contributed by atoms with Crippen LogP contribution in [0.5, 0.6) is 0 Å². The van der Waals surface area contributed by atoms with E-state index in [4.69, 9.17) is 29.2 Å². The molecule has 6 N–H and O–H groups in total. The first-order valence-corrected chi connectivity index (χ1v) is 20.3. The molecule has 0 saturated carbocycles. The largest absolute Gasteiger partial charge is 0.481 e. The van der Waals surface area contributed by atoms with Gasteiger partial charge in [-0.05, 0) is 32.1 Å². The molecule has 16 heteroatoms. The standard InChI is InChI=1S/C39H71N3O13/c1-32(38(48)49)16-14-15-22-40-35(44)20-19-33(39(50)51)42-36(45)21-24-52-26-28-54-30-31-55-29-27-53-25-23-41-34(43)17-12-10-8-6-4-2-3-5-7-9-11-13-18-37(46)47/h32-33H,2-31H2,1H3,(H,40,44)(H,41,43)(H,42,45)(H,46,47)(H,48,49)(H,50,51)/t32-,33-/m0/s1. The molecule has 0 radical (unpaired) electrons. The second-order valence-corrected chi connectivity index (χ2v) is 13.8. The summed E-state index contributed by atoms with van der Waals surface area (Å²) in [5.74, 6) is -4.02. The Morgan fingerprint density at radius 3 is 1.40 bits per heavy atom. The lowest BCUT2D eigenvalue weighted by Crippen LogP contribution is -2.42. The predicted octanol–water partition coefficient (Wildman–Crippen LogP) is 4.46. The van der Waals surface area contributed by atoms with Crippen molar-refractivity contribution in [3.8, 4) is 0 Å². The summed E-state index contributed by atoms with van der Waals surface area (Å²) in [4.78, 5) is 69.0. The van der Waals surface area contributed by atoms with Crippen molar-refractivity contribution < 1.29 is 63.0 Å². The van der Waals surface area contributed by atoms with Crippen LogP contribution in [0.3, 0.4) is 0 Å². The van der Waals surface area contributed by atoms with Gasteiger partial charge in [-0.3, -0.25) is 24.0 Å². The Balaban J connectivity index is 3.52. The molecule has 0 aliphatic carbocycles. The molecule has 2 atom stereocenters. The average molecular weight is 790 g/mol. The fraction of sp³-hybridized carbons (Fsp3) is 0.846. The fourth-order valence-electron chi connectivity index (χ4n) is 5.42. The first kappa shape index (κ1) is 51.7. The van der Waals surface area contributed by atoms with E-state index in [2.05, 4.69) is 16.0 Å². The summed E-state index contributed by atoms with van der Waals surface area (Å²) in [6.07, 6.45) is 15.8. The van der Waals surface area contributed by atoms with E-state index in [0.29, 0.717) is 78.4 Å². The third-order valence-electron chi connectivity index (χ3n) is 8.80. The van der Waals surface area contributed by atoms with Crippen LogP contribution in [-0.2, 0) is 47.7 Å². The number of nitrogens with one attached hydrogen (secondary N) is 3. The van der Waals surface area contributed by atoms with Crippen molar-refractivity contribution in [1.29, 1.82) is 0 Å². The summed E-state index contributed by atoms with van der Waals surface area (Å²) in [7, 11) is 0. The molecule has 0 bridgehead atoms. The summed E-state index contributed by atoms with van der Waals surface area (Å²) < 4.78 is 21.7. The zero-order valence-electron chi connectivity index (χ0n) is 33.3. The van der Waals surface area contributed by atoms with Crippen molar-refractivity contribution in [2.75, 3.05) is 65.9 Å². The molecule has 3 amide bonds. The Labute approximate surface area is 327 Å². The Morgan fingerprint density at radius 2 is 0.891 bits per heavy atom. The van der Waals surface area contributed by atoms with Gasteiger partial charge in [0.25, 0.3) is 0 Å². The van der Waals surface area contributed by atoms with Crippen molar-refractivity contribution >= 4 is 35.6 Å². The number of carboxylic acid groups (broad SMARTS) is 3. The minimum Gasteiger partial charge on any atom is -0.481 e. The zero-order valence-corrected chi connectivity index (χ0v) is 33.3. The quantitative estimate of drug-likeness (QED) is 0.0470. The minimum absolute atomic E-state index is 0.0402. The van der Waals surface area contributed by atoms with Crippen LogP contribution in [0.15, 0.2) is 0 Å². The highest BCUT2D eigenvalue weighted by Crippen LogP contribution is 2.13. The van der Waals surface area contributed by atoms with Gasteiger partial charge in [0, 0.05) is 38.8 Å². The SMILES string of the molecule is C[C@@H](CCCCNC(=O)CC[C@H](NC(=O)CCOCCOCCOCCOCCNC(=O)CCCCCCCCCCCCCCC(=O)O)C(=O)O)C(=O)O. The number of unbranched alkanes of at least 4 members (excludes halogenated alkanes) is 12. The normalized spacial score (nSPS) is 12.2. The molecule has 0 aromatic heterocycles. The summed E-state index contributed by atoms with van der Waals surface area (Å²) in [6.45, 7) is 5.04. The molecule has 0 aromatic carbocycles. The minimum atomic E-state index is -1.23. The Morgan fingerprint density at radius 1 is 0.436 bits per heavy atom. The van der Waals surface area contributed by atoms with Crippen molar-refractivity contribution in [3.63, 3.8) is 0 Å². The molecule has 16 nitrogen and oxygen atoms in total. The van der Waals surface area contributed by atoms with Crippen LogP contribution in [0.1, 0.15) is 135 Å². The number of aliphatic carboxylic acids is 3. The molecule has 0 fully saturated rings. The maximum atomic E-state index is 12.1. The third kappa shape index (κ3) is 37.4. The molecule has 0 aliphatic heterocycles. The highest BCUT2D eigenvalue weighted by Gasteiger charge is 2.21. The molecule has 320 valence electrons. The van der Waals surface area contributed by atoms with Crippen LogP contribution in [0.2, 0.25) is 0 Å². The second-order valence-electron chi connectivity index (χ2n) is 13.8. The van der Waals surface area contributed by atoms with Gasteiger partial charge in [-0.15, -0.1) is 0 Å². The lowest BCUT2D eigenvalue weighted by molar-refractivity contribution is -0.142. The molecule has 55 heavy (non-hydrogen) atoms. The molecule has 0 aromatic rings. The number of carbonyl (C=O) groups is 6.